The van der Waals surface area contributed by atoms with Crippen LogP contribution in [-0.2, 0) is 16.1 Å². The number of amides is 2. The van der Waals surface area contributed by atoms with Crippen LogP contribution >= 0.6 is 11.6 Å². The maximum Gasteiger partial charge on any atom is 0.257 e. The van der Waals surface area contributed by atoms with Crippen LogP contribution in [0.5, 0.6) is 0 Å². The van der Waals surface area contributed by atoms with Crippen molar-refractivity contribution in [1.82, 2.24) is 4.90 Å². The number of hydrogen-bond donors (Lipinski definition) is 1. The zero-order valence-corrected chi connectivity index (χ0v) is 19.9. The van der Waals surface area contributed by atoms with Crippen LogP contribution in [0, 0.1) is 5.92 Å². The van der Waals surface area contributed by atoms with Crippen molar-refractivity contribution in [1.29, 1.82) is 0 Å². The number of hydrogen-bond acceptors (Lipinski definition) is 4. The van der Waals surface area contributed by atoms with Crippen molar-refractivity contribution in [2.75, 3.05) is 38.0 Å². The minimum absolute atomic E-state index is 0.0251. The summed E-state index contributed by atoms with van der Waals surface area (Å²) in [6.07, 6.45) is 0. The molecule has 0 saturated carbocycles. The number of carbonyl (C=O) groups excluding carboxylic acids is 2. The summed E-state index contributed by atoms with van der Waals surface area (Å²) >= 11 is 6.16. The van der Waals surface area contributed by atoms with E-state index in [0.29, 0.717) is 22.8 Å². The molecule has 0 radical (unpaired) electrons. The molecule has 6 nitrogen and oxygen atoms in total. The Labute approximate surface area is 190 Å². The number of halogens is 1. The molecular weight excluding hydrogens is 414 g/mol. The van der Waals surface area contributed by atoms with Gasteiger partial charge in [0.15, 0.2) is 0 Å². The SMILES string of the molecule is COCC(=O)N(Cc1cc(NC(=O)c2ccccc2Cl)ccc1N(C)C)[C@H](C)C(C)C. The predicted octanol–water partition coefficient (Wildman–Crippen LogP) is 4.68. The lowest BCUT2D eigenvalue weighted by molar-refractivity contribution is -0.138. The summed E-state index contributed by atoms with van der Waals surface area (Å²) in [4.78, 5) is 29.3. The van der Waals surface area contributed by atoms with Crippen molar-refractivity contribution in [3.05, 3.63) is 58.6 Å². The van der Waals surface area contributed by atoms with E-state index in [0.717, 1.165) is 11.3 Å². The average molecular weight is 446 g/mol. The van der Waals surface area contributed by atoms with Crippen molar-refractivity contribution in [2.24, 2.45) is 5.92 Å². The number of nitrogens with one attached hydrogen (secondary N) is 1. The van der Waals surface area contributed by atoms with Gasteiger partial charge < -0.3 is 19.9 Å². The van der Waals surface area contributed by atoms with Crippen molar-refractivity contribution in [2.45, 2.75) is 33.4 Å². The summed E-state index contributed by atoms with van der Waals surface area (Å²) in [7, 11) is 5.42. The molecular formula is C24H32ClN3O3. The lowest BCUT2D eigenvalue weighted by Gasteiger charge is -2.33. The van der Waals surface area contributed by atoms with Gasteiger partial charge in [0, 0.05) is 45.2 Å². The highest BCUT2D eigenvalue weighted by atomic mass is 35.5. The fourth-order valence-electron chi connectivity index (χ4n) is 3.28. The van der Waals surface area contributed by atoms with E-state index in [1.165, 1.54) is 7.11 Å². The normalized spacial score (nSPS) is 11.9. The number of carbonyl (C=O) groups is 2. The molecule has 1 atom stereocenters. The van der Waals surface area contributed by atoms with Crippen LogP contribution < -0.4 is 10.2 Å². The van der Waals surface area contributed by atoms with Crippen molar-refractivity contribution in [3.63, 3.8) is 0 Å². The summed E-state index contributed by atoms with van der Waals surface area (Å²) < 4.78 is 5.10. The standard InChI is InChI=1S/C24H32ClN3O3/c1-16(2)17(3)28(23(29)15-31-6)14-18-13-19(11-12-22(18)27(4)5)26-24(30)20-9-7-8-10-21(20)25/h7-13,16-17H,14-15H2,1-6H3,(H,26,30)/t17-/m1/s1. The third-order valence-corrected chi connectivity index (χ3v) is 5.65. The molecule has 0 bridgehead atoms. The lowest BCUT2D eigenvalue weighted by Crippen LogP contribution is -2.43. The molecule has 2 amide bonds. The van der Waals surface area contributed by atoms with Gasteiger partial charge in [-0.15, -0.1) is 0 Å². The number of anilines is 2. The van der Waals surface area contributed by atoms with Gasteiger partial charge in [-0.25, -0.2) is 0 Å². The summed E-state index contributed by atoms with van der Waals surface area (Å²) in [5, 5.41) is 3.31. The highest BCUT2D eigenvalue weighted by molar-refractivity contribution is 6.34. The molecule has 0 aliphatic heterocycles. The van der Waals surface area contributed by atoms with E-state index in [9.17, 15) is 9.59 Å². The van der Waals surface area contributed by atoms with Crippen LogP contribution in [-0.4, -0.2) is 50.6 Å². The minimum Gasteiger partial charge on any atom is -0.377 e. The van der Waals surface area contributed by atoms with E-state index in [1.54, 1.807) is 24.3 Å². The highest BCUT2D eigenvalue weighted by Gasteiger charge is 2.24. The van der Waals surface area contributed by atoms with Gasteiger partial charge in [-0.05, 0) is 48.7 Å². The maximum absolute atomic E-state index is 12.8. The van der Waals surface area contributed by atoms with E-state index < -0.39 is 0 Å². The van der Waals surface area contributed by atoms with Crippen molar-refractivity contribution < 1.29 is 14.3 Å². The van der Waals surface area contributed by atoms with Gasteiger partial charge in [-0.3, -0.25) is 9.59 Å². The zero-order chi connectivity index (χ0) is 23.1. The molecule has 2 rings (SSSR count). The molecule has 0 fully saturated rings. The minimum atomic E-state index is -0.281. The van der Waals surface area contributed by atoms with Crippen LogP contribution in [0.4, 0.5) is 11.4 Å². The maximum atomic E-state index is 12.8. The van der Waals surface area contributed by atoms with Crippen LogP contribution in [0.15, 0.2) is 42.5 Å². The Kier molecular flexibility index (Phi) is 8.89. The Hall–Kier alpha value is -2.57. The molecule has 0 aromatic heterocycles. The molecule has 0 unspecified atom stereocenters. The first-order valence-corrected chi connectivity index (χ1v) is 10.7. The Morgan fingerprint density at radius 3 is 2.35 bits per heavy atom. The molecule has 31 heavy (non-hydrogen) atoms. The molecule has 0 aliphatic carbocycles. The van der Waals surface area contributed by atoms with Gasteiger partial charge in [0.2, 0.25) is 5.91 Å². The fraction of sp³-hybridized carbons (Fsp3) is 0.417. The lowest BCUT2D eigenvalue weighted by atomic mass is 10.0. The van der Waals surface area contributed by atoms with Gasteiger partial charge in [0.1, 0.15) is 6.61 Å². The molecule has 0 saturated heterocycles. The van der Waals surface area contributed by atoms with Gasteiger partial charge in [-0.1, -0.05) is 37.6 Å². The van der Waals surface area contributed by atoms with E-state index >= 15 is 0 Å². The predicted molar refractivity (Wildman–Crippen MR) is 127 cm³/mol. The van der Waals surface area contributed by atoms with Gasteiger partial charge in [-0.2, -0.15) is 0 Å². The van der Waals surface area contributed by atoms with Crippen LogP contribution in [0.2, 0.25) is 5.02 Å². The zero-order valence-electron chi connectivity index (χ0n) is 19.1. The van der Waals surface area contributed by atoms with E-state index in [-0.39, 0.29) is 30.4 Å². The second-order valence-electron chi connectivity index (χ2n) is 8.11. The number of benzene rings is 2. The first kappa shape index (κ1) is 24.7. The van der Waals surface area contributed by atoms with Crippen LogP contribution in [0.3, 0.4) is 0 Å². The van der Waals surface area contributed by atoms with E-state index in [2.05, 4.69) is 19.2 Å². The first-order chi connectivity index (χ1) is 14.6. The topological polar surface area (TPSA) is 61.9 Å². The molecule has 168 valence electrons. The summed E-state index contributed by atoms with van der Waals surface area (Å²) in [5.41, 5.74) is 2.95. The van der Waals surface area contributed by atoms with Crippen LogP contribution in [0.1, 0.15) is 36.7 Å². The fourth-order valence-corrected chi connectivity index (χ4v) is 3.50. The van der Waals surface area contributed by atoms with E-state index in [4.69, 9.17) is 16.3 Å². The Bertz CT molecular complexity index is 915. The quantitative estimate of drug-likeness (QED) is 0.608. The highest BCUT2D eigenvalue weighted by Crippen LogP contribution is 2.27. The summed E-state index contributed by atoms with van der Waals surface area (Å²) in [6.45, 7) is 6.65. The number of methoxy groups -OCH3 is 1. The van der Waals surface area contributed by atoms with E-state index in [1.807, 2.05) is 49.0 Å². The van der Waals surface area contributed by atoms with Crippen molar-refractivity contribution >= 4 is 34.8 Å². The van der Waals surface area contributed by atoms with Crippen LogP contribution in [0.25, 0.3) is 0 Å². The van der Waals surface area contributed by atoms with Crippen molar-refractivity contribution in [3.8, 4) is 0 Å². The molecule has 0 spiro atoms. The Morgan fingerprint density at radius 1 is 1.10 bits per heavy atom. The van der Waals surface area contributed by atoms with Gasteiger partial charge in [0.25, 0.3) is 5.91 Å². The Balaban J connectivity index is 2.37. The smallest absolute Gasteiger partial charge is 0.257 e. The molecule has 2 aromatic carbocycles. The molecule has 7 heteroatoms. The number of ether oxygens (including phenoxy) is 1. The third-order valence-electron chi connectivity index (χ3n) is 5.32. The Morgan fingerprint density at radius 2 is 1.77 bits per heavy atom. The monoisotopic (exact) mass is 445 g/mol. The summed E-state index contributed by atoms with van der Waals surface area (Å²) in [6, 6.07) is 12.6. The molecule has 1 N–H and O–H groups in total. The molecule has 0 aliphatic rings. The molecule has 2 aromatic rings. The second-order valence-corrected chi connectivity index (χ2v) is 8.52. The summed E-state index contributed by atoms with van der Waals surface area (Å²) in [5.74, 6) is -0.0670. The average Bonchev–Trinajstić information content (AvgIpc) is 2.71. The number of rotatable bonds is 9. The largest absolute Gasteiger partial charge is 0.377 e. The number of nitrogens with zero attached hydrogens (tertiary/aromatic N) is 2. The van der Waals surface area contributed by atoms with Gasteiger partial charge in [0.05, 0.1) is 10.6 Å². The first-order valence-electron chi connectivity index (χ1n) is 10.3. The van der Waals surface area contributed by atoms with Gasteiger partial charge >= 0.3 is 0 Å². The molecule has 0 heterocycles. The third kappa shape index (κ3) is 6.45. The second kappa shape index (κ2) is 11.2.